The maximum Gasteiger partial charge on any atom is 0.232 e. The van der Waals surface area contributed by atoms with E-state index in [0.29, 0.717) is 5.69 Å². The van der Waals surface area contributed by atoms with Gasteiger partial charge >= 0.3 is 0 Å². The lowest BCUT2D eigenvalue weighted by molar-refractivity contribution is 0.559. The first-order valence-corrected chi connectivity index (χ1v) is 10.2. The molecule has 1 aliphatic rings. The molecule has 0 bridgehead atoms. The summed E-state index contributed by atoms with van der Waals surface area (Å²) in [6.07, 6.45) is 2.64. The lowest BCUT2D eigenvalue weighted by atomic mass is 10.1. The van der Waals surface area contributed by atoms with Crippen molar-refractivity contribution < 1.29 is 8.42 Å². The van der Waals surface area contributed by atoms with E-state index in [0.717, 1.165) is 11.8 Å². The fourth-order valence-corrected chi connectivity index (χ4v) is 4.18. The van der Waals surface area contributed by atoms with E-state index < -0.39 is 10.0 Å². The van der Waals surface area contributed by atoms with Crippen LogP contribution < -0.4 is 10.0 Å². The first-order chi connectivity index (χ1) is 10.00. The second kappa shape index (κ2) is 7.51. The van der Waals surface area contributed by atoms with Crippen LogP contribution in [0.4, 0.5) is 5.69 Å². The topological polar surface area (TPSA) is 58.2 Å². The van der Waals surface area contributed by atoms with Crippen molar-refractivity contribution in [3.8, 4) is 0 Å². The molecule has 0 amide bonds. The number of nitrogens with one attached hydrogen (secondary N) is 2. The number of anilines is 1. The molecule has 0 aromatic heterocycles. The van der Waals surface area contributed by atoms with Gasteiger partial charge in [-0.2, -0.15) is 11.8 Å². The van der Waals surface area contributed by atoms with Crippen molar-refractivity contribution in [1.82, 2.24) is 5.32 Å². The van der Waals surface area contributed by atoms with Crippen LogP contribution >= 0.6 is 11.8 Å². The van der Waals surface area contributed by atoms with Gasteiger partial charge in [0.25, 0.3) is 0 Å². The summed E-state index contributed by atoms with van der Waals surface area (Å²) in [7, 11) is -3.20. The van der Waals surface area contributed by atoms with Gasteiger partial charge in [0.15, 0.2) is 0 Å². The Bertz CT molecular complexity index is 537. The minimum absolute atomic E-state index is 0.0891. The monoisotopic (exact) mass is 328 g/mol. The highest BCUT2D eigenvalue weighted by molar-refractivity contribution is 8.00. The van der Waals surface area contributed by atoms with Crippen molar-refractivity contribution >= 4 is 27.5 Å². The van der Waals surface area contributed by atoms with Gasteiger partial charge in [0.05, 0.1) is 5.75 Å². The molecular weight excluding hydrogens is 304 g/mol. The Labute approximate surface area is 132 Å². The zero-order valence-electron chi connectivity index (χ0n) is 12.6. The van der Waals surface area contributed by atoms with Crippen molar-refractivity contribution in [1.29, 1.82) is 0 Å². The van der Waals surface area contributed by atoms with Gasteiger partial charge in [-0.05, 0) is 50.1 Å². The first kappa shape index (κ1) is 16.6. The van der Waals surface area contributed by atoms with Crippen molar-refractivity contribution in [3.63, 3.8) is 0 Å². The molecule has 1 heterocycles. The third-order valence-corrected chi connectivity index (χ3v) is 6.44. The van der Waals surface area contributed by atoms with Crippen LogP contribution in [0.25, 0.3) is 0 Å². The SMILES string of the molecule is CCS(=O)(=O)Nc1ccc(C(C)NCC2CCCS2)cc1. The van der Waals surface area contributed by atoms with Gasteiger partial charge in [0.2, 0.25) is 10.0 Å². The lowest BCUT2D eigenvalue weighted by Crippen LogP contribution is -2.26. The molecule has 4 nitrogen and oxygen atoms in total. The van der Waals surface area contributed by atoms with Gasteiger partial charge in [0.1, 0.15) is 0 Å². The number of benzene rings is 1. The predicted molar refractivity (Wildman–Crippen MR) is 91.4 cm³/mol. The molecule has 2 N–H and O–H groups in total. The Morgan fingerprint density at radius 2 is 2.05 bits per heavy atom. The van der Waals surface area contributed by atoms with Crippen LogP contribution in [0.1, 0.15) is 38.3 Å². The van der Waals surface area contributed by atoms with E-state index in [1.807, 2.05) is 24.3 Å². The molecule has 21 heavy (non-hydrogen) atoms. The Hall–Kier alpha value is -0.720. The van der Waals surface area contributed by atoms with Crippen molar-refractivity contribution in [3.05, 3.63) is 29.8 Å². The third kappa shape index (κ3) is 5.20. The van der Waals surface area contributed by atoms with Gasteiger partial charge in [-0.1, -0.05) is 12.1 Å². The number of hydrogen-bond acceptors (Lipinski definition) is 4. The fourth-order valence-electron chi connectivity index (χ4n) is 2.32. The molecule has 2 atom stereocenters. The number of sulfonamides is 1. The van der Waals surface area contributed by atoms with Crippen molar-refractivity contribution in [2.24, 2.45) is 0 Å². The van der Waals surface area contributed by atoms with Crippen LogP contribution in [0.15, 0.2) is 24.3 Å². The average molecular weight is 329 g/mol. The van der Waals surface area contributed by atoms with E-state index in [2.05, 4.69) is 28.7 Å². The number of rotatable bonds is 7. The van der Waals surface area contributed by atoms with E-state index in [9.17, 15) is 8.42 Å². The standard InChI is InChI=1S/C15H24N2O2S2/c1-3-21(18,19)17-14-8-6-13(7-9-14)12(2)16-11-15-5-4-10-20-15/h6-9,12,15-17H,3-5,10-11H2,1-2H3. The molecule has 1 aliphatic heterocycles. The number of thioether (sulfide) groups is 1. The summed E-state index contributed by atoms with van der Waals surface area (Å²) in [4.78, 5) is 0. The molecule has 1 aromatic carbocycles. The second-order valence-corrected chi connectivity index (χ2v) is 8.81. The quantitative estimate of drug-likeness (QED) is 0.808. The summed E-state index contributed by atoms with van der Waals surface area (Å²) >= 11 is 2.05. The molecule has 0 radical (unpaired) electrons. The van der Waals surface area contributed by atoms with Crippen LogP contribution in [0.5, 0.6) is 0 Å². The lowest BCUT2D eigenvalue weighted by Gasteiger charge is -2.17. The van der Waals surface area contributed by atoms with Gasteiger partial charge in [-0.25, -0.2) is 8.42 Å². The minimum Gasteiger partial charge on any atom is -0.309 e. The van der Waals surface area contributed by atoms with E-state index in [-0.39, 0.29) is 11.8 Å². The van der Waals surface area contributed by atoms with Crippen LogP contribution in [0, 0.1) is 0 Å². The van der Waals surface area contributed by atoms with Crippen molar-refractivity contribution in [2.45, 2.75) is 38.0 Å². The van der Waals surface area contributed by atoms with Crippen LogP contribution in [0.3, 0.4) is 0 Å². The fraction of sp³-hybridized carbons (Fsp3) is 0.600. The summed E-state index contributed by atoms with van der Waals surface area (Å²) in [5.74, 6) is 1.37. The van der Waals surface area contributed by atoms with Gasteiger partial charge < -0.3 is 5.32 Å². The molecule has 0 spiro atoms. The Morgan fingerprint density at radius 1 is 1.33 bits per heavy atom. The van der Waals surface area contributed by atoms with E-state index >= 15 is 0 Å². The Balaban J connectivity index is 1.88. The summed E-state index contributed by atoms with van der Waals surface area (Å²) in [6.45, 7) is 4.81. The number of hydrogen-bond donors (Lipinski definition) is 2. The molecule has 1 fully saturated rings. The average Bonchev–Trinajstić information content (AvgIpc) is 2.98. The smallest absolute Gasteiger partial charge is 0.232 e. The van der Waals surface area contributed by atoms with Crippen LogP contribution in [-0.4, -0.2) is 31.7 Å². The molecule has 0 aliphatic carbocycles. The molecule has 2 rings (SSSR count). The first-order valence-electron chi connectivity index (χ1n) is 7.45. The van der Waals surface area contributed by atoms with E-state index in [4.69, 9.17) is 0 Å². The molecule has 6 heteroatoms. The summed E-state index contributed by atoms with van der Waals surface area (Å²) in [5, 5.41) is 4.30. The van der Waals surface area contributed by atoms with E-state index in [1.54, 1.807) is 6.92 Å². The molecule has 0 saturated carbocycles. The molecule has 2 unspecified atom stereocenters. The highest BCUT2D eigenvalue weighted by Gasteiger charge is 2.16. The van der Waals surface area contributed by atoms with Gasteiger partial charge in [-0.3, -0.25) is 4.72 Å². The minimum atomic E-state index is -3.20. The predicted octanol–water partition coefficient (Wildman–Crippen LogP) is 2.99. The summed E-state index contributed by atoms with van der Waals surface area (Å²) in [6, 6.07) is 7.89. The van der Waals surface area contributed by atoms with E-state index in [1.165, 1.54) is 24.2 Å². The highest BCUT2D eigenvalue weighted by Crippen LogP contribution is 2.26. The molecule has 1 saturated heterocycles. The third-order valence-electron chi connectivity index (χ3n) is 3.74. The van der Waals surface area contributed by atoms with Crippen molar-refractivity contribution in [2.75, 3.05) is 22.8 Å². The zero-order chi connectivity index (χ0) is 15.3. The molecule has 1 aromatic rings. The molecular formula is C15H24N2O2S2. The Kier molecular flexibility index (Phi) is 5.96. The van der Waals surface area contributed by atoms with Gasteiger partial charge in [0, 0.05) is 23.5 Å². The maximum absolute atomic E-state index is 11.5. The maximum atomic E-state index is 11.5. The second-order valence-electron chi connectivity index (χ2n) is 5.39. The Morgan fingerprint density at radius 3 is 2.62 bits per heavy atom. The molecule has 118 valence electrons. The summed E-state index contributed by atoms with van der Waals surface area (Å²) in [5.41, 5.74) is 1.80. The van der Waals surface area contributed by atoms with Crippen LogP contribution in [-0.2, 0) is 10.0 Å². The summed E-state index contributed by atoms with van der Waals surface area (Å²) < 4.78 is 25.6. The largest absolute Gasteiger partial charge is 0.309 e. The normalized spacial score (nSPS) is 20.4. The zero-order valence-corrected chi connectivity index (χ0v) is 14.3. The highest BCUT2D eigenvalue weighted by atomic mass is 32.2. The van der Waals surface area contributed by atoms with Crippen LogP contribution in [0.2, 0.25) is 0 Å². The van der Waals surface area contributed by atoms with Gasteiger partial charge in [-0.15, -0.1) is 0 Å².